The lowest BCUT2D eigenvalue weighted by molar-refractivity contribution is 0.0789. The van der Waals surface area contributed by atoms with Crippen LogP contribution in [0.25, 0.3) is 0 Å². The molecule has 4 nitrogen and oxygen atoms in total. The number of fused-ring (bicyclic) bond motifs is 2. The number of imidazole rings is 1. The summed E-state index contributed by atoms with van der Waals surface area (Å²) in [5, 5.41) is 0. The molecular formula is C15H23N3O. The summed E-state index contributed by atoms with van der Waals surface area (Å²) < 4.78 is 7.84. The van der Waals surface area contributed by atoms with Gasteiger partial charge >= 0.3 is 0 Å². The van der Waals surface area contributed by atoms with Gasteiger partial charge in [0.15, 0.2) is 0 Å². The second-order valence-corrected chi connectivity index (χ2v) is 6.24. The Bertz CT molecular complexity index is 456. The Labute approximate surface area is 114 Å². The van der Waals surface area contributed by atoms with Crippen LogP contribution in [-0.2, 0) is 24.4 Å². The molecule has 0 aromatic carbocycles. The highest BCUT2D eigenvalue weighted by molar-refractivity contribution is 5.07. The molecule has 3 heterocycles. The zero-order valence-electron chi connectivity index (χ0n) is 11.6. The minimum Gasteiger partial charge on any atom is -0.372 e. The van der Waals surface area contributed by atoms with Gasteiger partial charge in [0.05, 0.1) is 12.3 Å². The monoisotopic (exact) mass is 261 g/mol. The molecule has 2 unspecified atom stereocenters. The molecule has 1 aromatic rings. The Hall–Kier alpha value is -0.870. The maximum Gasteiger partial charge on any atom is 0.135 e. The van der Waals surface area contributed by atoms with Gasteiger partial charge in [0, 0.05) is 25.3 Å². The van der Waals surface area contributed by atoms with Crippen molar-refractivity contribution in [2.75, 3.05) is 13.2 Å². The molecule has 1 aromatic heterocycles. The predicted molar refractivity (Wildman–Crippen MR) is 72.7 cm³/mol. The van der Waals surface area contributed by atoms with Crippen LogP contribution in [0.5, 0.6) is 0 Å². The number of nitrogens with zero attached hydrogens (tertiary/aromatic N) is 3. The number of ether oxygens (including phenoxy) is 1. The van der Waals surface area contributed by atoms with E-state index in [1.165, 1.54) is 44.3 Å². The topological polar surface area (TPSA) is 30.3 Å². The molecule has 1 aliphatic carbocycles. The fraction of sp³-hybridized carbons (Fsp3) is 0.800. The zero-order valence-corrected chi connectivity index (χ0v) is 11.6. The highest BCUT2D eigenvalue weighted by Gasteiger charge is 2.35. The van der Waals surface area contributed by atoms with Crippen molar-refractivity contribution in [3.05, 3.63) is 17.7 Å². The van der Waals surface area contributed by atoms with E-state index in [0.29, 0.717) is 6.61 Å². The Morgan fingerprint density at radius 3 is 3.16 bits per heavy atom. The van der Waals surface area contributed by atoms with Crippen LogP contribution in [0.4, 0.5) is 0 Å². The summed E-state index contributed by atoms with van der Waals surface area (Å²) in [6.07, 6.45) is 9.23. The van der Waals surface area contributed by atoms with E-state index in [0.717, 1.165) is 37.5 Å². The van der Waals surface area contributed by atoms with Crippen LogP contribution in [0, 0.1) is 5.92 Å². The van der Waals surface area contributed by atoms with Gasteiger partial charge < -0.3 is 9.30 Å². The average molecular weight is 261 g/mol. The molecule has 19 heavy (non-hydrogen) atoms. The number of hydrogen-bond acceptors (Lipinski definition) is 3. The quantitative estimate of drug-likeness (QED) is 0.817. The van der Waals surface area contributed by atoms with E-state index < -0.39 is 0 Å². The van der Waals surface area contributed by atoms with Gasteiger partial charge in [-0.05, 0) is 31.7 Å². The van der Waals surface area contributed by atoms with Gasteiger partial charge in [-0.15, -0.1) is 0 Å². The summed E-state index contributed by atoms with van der Waals surface area (Å²) in [5.41, 5.74) is 1.39. The largest absolute Gasteiger partial charge is 0.372 e. The zero-order chi connectivity index (χ0) is 12.7. The molecule has 4 rings (SSSR count). The van der Waals surface area contributed by atoms with Crippen LogP contribution >= 0.6 is 0 Å². The number of rotatable bonds is 2. The maximum atomic E-state index is 5.47. The second kappa shape index (κ2) is 4.91. The van der Waals surface area contributed by atoms with E-state index >= 15 is 0 Å². The van der Waals surface area contributed by atoms with Gasteiger partial charge in [0.2, 0.25) is 0 Å². The molecule has 1 saturated carbocycles. The first kappa shape index (κ1) is 11.9. The molecule has 2 fully saturated rings. The van der Waals surface area contributed by atoms with Gasteiger partial charge in [-0.1, -0.05) is 12.8 Å². The van der Waals surface area contributed by atoms with Gasteiger partial charge in [0.1, 0.15) is 12.4 Å². The van der Waals surface area contributed by atoms with Gasteiger partial charge in [-0.25, -0.2) is 4.98 Å². The van der Waals surface area contributed by atoms with E-state index in [-0.39, 0.29) is 0 Å². The molecule has 104 valence electrons. The van der Waals surface area contributed by atoms with Crippen molar-refractivity contribution in [2.24, 2.45) is 5.92 Å². The third-order valence-electron chi connectivity index (χ3n) is 5.20. The molecule has 0 spiro atoms. The van der Waals surface area contributed by atoms with Crippen molar-refractivity contribution in [3.8, 4) is 0 Å². The van der Waals surface area contributed by atoms with Crippen LogP contribution in [-0.4, -0.2) is 33.6 Å². The summed E-state index contributed by atoms with van der Waals surface area (Å²) in [6, 6.07) is 0.847. The van der Waals surface area contributed by atoms with Gasteiger partial charge in [-0.3, -0.25) is 4.90 Å². The molecule has 0 radical (unpaired) electrons. The lowest BCUT2D eigenvalue weighted by atomic mass is 9.85. The van der Waals surface area contributed by atoms with E-state index in [9.17, 15) is 0 Å². The van der Waals surface area contributed by atoms with Crippen molar-refractivity contribution in [1.29, 1.82) is 0 Å². The Morgan fingerprint density at radius 2 is 2.16 bits per heavy atom. The van der Waals surface area contributed by atoms with Crippen LogP contribution in [0.15, 0.2) is 6.20 Å². The smallest absolute Gasteiger partial charge is 0.135 e. The minimum absolute atomic E-state index is 0.687. The summed E-state index contributed by atoms with van der Waals surface area (Å²) in [4.78, 5) is 7.23. The minimum atomic E-state index is 0.687. The van der Waals surface area contributed by atoms with Crippen LogP contribution in [0.3, 0.4) is 0 Å². The van der Waals surface area contributed by atoms with Crippen molar-refractivity contribution in [3.63, 3.8) is 0 Å². The molecule has 2 aliphatic heterocycles. The average Bonchev–Trinajstić information content (AvgIpc) is 3.05. The van der Waals surface area contributed by atoms with Crippen molar-refractivity contribution < 1.29 is 4.74 Å². The molecule has 0 N–H and O–H groups in total. The highest BCUT2D eigenvalue weighted by Crippen LogP contribution is 2.36. The predicted octanol–water partition coefficient (Wildman–Crippen LogP) is 2.18. The standard InChI is InChI=1S/C15H23N3O/c1-2-4-14-12(3-1)5-6-17(14)10-13-9-16-15-11-19-8-7-18(13)15/h9,12,14H,1-8,10-11H2. The molecule has 4 heteroatoms. The fourth-order valence-electron chi connectivity index (χ4n) is 4.19. The molecule has 0 amide bonds. The SMILES string of the molecule is c1nc2n(c1CN1CCC3CCCCC31)CCOC2. The summed E-state index contributed by atoms with van der Waals surface area (Å²) in [5.74, 6) is 2.08. The second-order valence-electron chi connectivity index (χ2n) is 6.24. The van der Waals surface area contributed by atoms with E-state index in [1.54, 1.807) is 0 Å². The third-order valence-corrected chi connectivity index (χ3v) is 5.20. The van der Waals surface area contributed by atoms with Crippen molar-refractivity contribution in [1.82, 2.24) is 14.5 Å². The molecular weight excluding hydrogens is 238 g/mol. The molecule has 3 aliphatic rings. The Balaban J connectivity index is 1.50. The number of aromatic nitrogens is 2. The molecule has 2 atom stereocenters. The van der Waals surface area contributed by atoms with Gasteiger partial charge in [-0.2, -0.15) is 0 Å². The van der Waals surface area contributed by atoms with Gasteiger partial charge in [0.25, 0.3) is 0 Å². The molecule has 0 bridgehead atoms. The normalized spacial score (nSPS) is 31.2. The van der Waals surface area contributed by atoms with E-state index in [1.807, 2.05) is 0 Å². The van der Waals surface area contributed by atoms with Crippen molar-refractivity contribution >= 4 is 0 Å². The van der Waals surface area contributed by atoms with Crippen LogP contribution in [0.2, 0.25) is 0 Å². The first-order valence-electron chi connectivity index (χ1n) is 7.77. The number of likely N-dealkylation sites (tertiary alicyclic amines) is 1. The first-order valence-corrected chi connectivity index (χ1v) is 7.77. The lowest BCUT2D eigenvalue weighted by Crippen LogP contribution is -2.35. The Kier molecular flexibility index (Phi) is 3.08. The van der Waals surface area contributed by atoms with E-state index in [4.69, 9.17) is 4.74 Å². The Morgan fingerprint density at radius 1 is 1.21 bits per heavy atom. The van der Waals surface area contributed by atoms with Crippen LogP contribution < -0.4 is 0 Å². The fourth-order valence-corrected chi connectivity index (χ4v) is 4.19. The summed E-state index contributed by atoms with van der Waals surface area (Å²) >= 11 is 0. The maximum absolute atomic E-state index is 5.47. The van der Waals surface area contributed by atoms with Crippen molar-refractivity contribution in [2.45, 2.75) is 57.8 Å². The van der Waals surface area contributed by atoms with Crippen LogP contribution in [0.1, 0.15) is 43.6 Å². The molecule has 1 saturated heterocycles. The lowest BCUT2D eigenvalue weighted by Gasteiger charge is -2.32. The first-order chi connectivity index (χ1) is 9.42. The highest BCUT2D eigenvalue weighted by atomic mass is 16.5. The number of hydrogen-bond donors (Lipinski definition) is 0. The summed E-state index contributed by atoms with van der Waals surface area (Å²) in [7, 11) is 0. The third kappa shape index (κ3) is 2.11. The summed E-state index contributed by atoms with van der Waals surface area (Å²) in [6.45, 7) is 4.88. The van der Waals surface area contributed by atoms with E-state index in [2.05, 4.69) is 20.6 Å².